The molecule has 166 valence electrons. The molecule has 0 unspecified atom stereocenters. The largest absolute Gasteiger partial charge is 0.228 e. The van der Waals surface area contributed by atoms with E-state index in [1.807, 2.05) is 18.2 Å². The first-order valence-electron chi connectivity index (χ1n) is 11.8. The van der Waals surface area contributed by atoms with Gasteiger partial charge in [0.1, 0.15) is 0 Å². The van der Waals surface area contributed by atoms with Crippen molar-refractivity contribution in [1.82, 2.24) is 9.97 Å². The fourth-order valence-electron chi connectivity index (χ4n) is 4.48. The molecule has 0 aliphatic carbocycles. The molecule has 0 saturated heterocycles. The molecule has 2 nitrogen and oxygen atoms in total. The lowest BCUT2D eigenvalue weighted by molar-refractivity contribution is 1.18. The summed E-state index contributed by atoms with van der Waals surface area (Å²) in [5, 5.41) is 2.39. The zero-order valence-corrected chi connectivity index (χ0v) is 19.5. The summed E-state index contributed by atoms with van der Waals surface area (Å²) in [7, 11) is 0. The van der Waals surface area contributed by atoms with Crippen molar-refractivity contribution in [1.29, 1.82) is 0 Å². The van der Waals surface area contributed by atoms with E-state index in [0.29, 0.717) is 0 Å². The van der Waals surface area contributed by atoms with Crippen LogP contribution in [0.25, 0.3) is 55.8 Å². The lowest BCUT2D eigenvalue weighted by Gasteiger charge is -2.12. The number of fused-ring (bicyclic) bond motifs is 1. The van der Waals surface area contributed by atoms with Crippen molar-refractivity contribution in [3.8, 4) is 45.0 Å². The van der Waals surface area contributed by atoms with Crippen LogP contribution < -0.4 is 0 Å². The van der Waals surface area contributed by atoms with Gasteiger partial charge in [-0.3, -0.25) is 0 Å². The maximum atomic E-state index is 5.01. The highest BCUT2D eigenvalue weighted by molar-refractivity contribution is 5.96. The Balaban J connectivity index is 1.49. The van der Waals surface area contributed by atoms with Crippen LogP contribution in [0.5, 0.6) is 0 Å². The summed E-state index contributed by atoms with van der Waals surface area (Å²) >= 11 is 0. The smallest absolute Gasteiger partial charge is 0.160 e. The Labute approximate surface area is 205 Å². The number of hydrogen-bond acceptors (Lipinski definition) is 2. The molecule has 0 amide bonds. The standard InChI is InChI=1S/C33H24N2/c1-23-14-16-24(17-15-23)25-18-20-27(21-19-25)31-22-32(35-33(34-31)28-9-3-2-4-10-28)30-13-7-11-26-8-5-6-12-29(26)30/h2-22H,1H3. The van der Waals surface area contributed by atoms with E-state index in [0.717, 1.165) is 33.9 Å². The predicted molar refractivity (Wildman–Crippen MR) is 146 cm³/mol. The number of aryl methyl sites for hydroxylation is 1. The third-order valence-electron chi connectivity index (χ3n) is 6.39. The second-order valence-corrected chi connectivity index (χ2v) is 8.80. The Morgan fingerprint density at radius 1 is 0.457 bits per heavy atom. The second-order valence-electron chi connectivity index (χ2n) is 8.80. The van der Waals surface area contributed by atoms with E-state index in [2.05, 4.69) is 116 Å². The quantitative estimate of drug-likeness (QED) is 0.270. The lowest BCUT2D eigenvalue weighted by Crippen LogP contribution is -1.96. The minimum atomic E-state index is 0.730. The maximum Gasteiger partial charge on any atom is 0.160 e. The van der Waals surface area contributed by atoms with E-state index < -0.39 is 0 Å². The van der Waals surface area contributed by atoms with Crippen LogP contribution in [0, 0.1) is 6.92 Å². The Morgan fingerprint density at radius 2 is 1.06 bits per heavy atom. The van der Waals surface area contributed by atoms with Gasteiger partial charge < -0.3 is 0 Å². The Bertz CT molecular complexity index is 1610. The fraction of sp³-hybridized carbons (Fsp3) is 0.0303. The zero-order valence-electron chi connectivity index (χ0n) is 19.5. The Morgan fingerprint density at radius 3 is 1.83 bits per heavy atom. The molecule has 0 aliphatic rings. The molecule has 0 aliphatic heterocycles. The molecule has 6 aromatic rings. The van der Waals surface area contributed by atoms with E-state index >= 15 is 0 Å². The van der Waals surface area contributed by atoms with Crippen molar-refractivity contribution in [2.24, 2.45) is 0 Å². The van der Waals surface area contributed by atoms with Crippen LogP contribution in [0.4, 0.5) is 0 Å². The summed E-state index contributed by atoms with van der Waals surface area (Å²) in [6, 6.07) is 44.4. The third-order valence-corrected chi connectivity index (χ3v) is 6.39. The number of benzene rings is 5. The third kappa shape index (κ3) is 4.22. The SMILES string of the molecule is Cc1ccc(-c2ccc(-c3cc(-c4cccc5ccccc45)nc(-c4ccccc4)n3)cc2)cc1. The van der Waals surface area contributed by atoms with Gasteiger partial charge in [-0.05, 0) is 34.9 Å². The topological polar surface area (TPSA) is 25.8 Å². The summed E-state index contributed by atoms with van der Waals surface area (Å²) in [5.41, 5.74) is 8.70. The van der Waals surface area contributed by atoms with Crippen LogP contribution in [0.15, 0.2) is 127 Å². The van der Waals surface area contributed by atoms with Crippen LogP contribution in [0.1, 0.15) is 5.56 Å². The molecule has 0 atom stereocenters. The molecule has 0 radical (unpaired) electrons. The summed E-state index contributed by atoms with van der Waals surface area (Å²) in [5.74, 6) is 0.730. The fourth-order valence-corrected chi connectivity index (χ4v) is 4.48. The minimum Gasteiger partial charge on any atom is -0.228 e. The molecule has 0 bridgehead atoms. The van der Waals surface area contributed by atoms with Gasteiger partial charge in [0.15, 0.2) is 5.82 Å². The van der Waals surface area contributed by atoms with Crippen LogP contribution in [-0.2, 0) is 0 Å². The van der Waals surface area contributed by atoms with Gasteiger partial charge in [-0.2, -0.15) is 0 Å². The molecule has 0 saturated carbocycles. The van der Waals surface area contributed by atoms with Gasteiger partial charge in [0.25, 0.3) is 0 Å². The van der Waals surface area contributed by atoms with Crippen LogP contribution in [0.3, 0.4) is 0 Å². The number of rotatable bonds is 4. The van der Waals surface area contributed by atoms with Crippen LogP contribution in [-0.4, -0.2) is 9.97 Å². The van der Waals surface area contributed by atoms with Gasteiger partial charge in [-0.1, -0.05) is 127 Å². The van der Waals surface area contributed by atoms with E-state index in [1.165, 1.54) is 27.5 Å². The number of hydrogen-bond donors (Lipinski definition) is 0. The molecule has 6 rings (SSSR count). The normalized spacial score (nSPS) is 11.0. The average Bonchev–Trinajstić information content (AvgIpc) is 2.93. The molecule has 0 spiro atoms. The molecule has 0 fully saturated rings. The van der Waals surface area contributed by atoms with E-state index in [-0.39, 0.29) is 0 Å². The predicted octanol–water partition coefficient (Wildman–Crippen LogP) is 8.61. The summed E-state index contributed by atoms with van der Waals surface area (Å²) in [4.78, 5) is 9.99. The highest BCUT2D eigenvalue weighted by Crippen LogP contribution is 2.32. The highest BCUT2D eigenvalue weighted by Gasteiger charge is 2.12. The van der Waals surface area contributed by atoms with Crippen LogP contribution in [0.2, 0.25) is 0 Å². The van der Waals surface area contributed by atoms with Crippen molar-refractivity contribution in [2.75, 3.05) is 0 Å². The monoisotopic (exact) mass is 448 g/mol. The second kappa shape index (κ2) is 9.00. The molecule has 35 heavy (non-hydrogen) atoms. The maximum absolute atomic E-state index is 5.01. The van der Waals surface area contributed by atoms with E-state index in [9.17, 15) is 0 Å². The molecule has 0 N–H and O–H groups in total. The molecule has 1 aromatic heterocycles. The van der Waals surface area contributed by atoms with Gasteiger partial charge in [0.05, 0.1) is 11.4 Å². The van der Waals surface area contributed by atoms with Gasteiger partial charge in [0.2, 0.25) is 0 Å². The summed E-state index contributed by atoms with van der Waals surface area (Å²) in [6.07, 6.45) is 0. The van der Waals surface area contributed by atoms with Gasteiger partial charge in [-0.25, -0.2) is 9.97 Å². The number of aromatic nitrogens is 2. The minimum absolute atomic E-state index is 0.730. The molecule has 1 heterocycles. The van der Waals surface area contributed by atoms with E-state index in [4.69, 9.17) is 9.97 Å². The summed E-state index contributed by atoms with van der Waals surface area (Å²) < 4.78 is 0. The first-order chi connectivity index (χ1) is 17.2. The first-order valence-corrected chi connectivity index (χ1v) is 11.8. The van der Waals surface area contributed by atoms with Crippen molar-refractivity contribution < 1.29 is 0 Å². The average molecular weight is 449 g/mol. The molecule has 2 heteroatoms. The van der Waals surface area contributed by atoms with E-state index in [1.54, 1.807) is 0 Å². The Hall–Kier alpha value is -4.56. The van der Waals surface area contributed by atoms with Gasteiger partial charge in [0, 0.05) is 16.7 Å². The van der Waals surface area contributed by atoms with Crippen LogP contribution >= 0.6 is 0 Å². The zero-order chi connectivity index (χ0) is 23.6. The van der Waals surface area contributed by atoms with Crippen molar-refractivity contribution >= 4 is 10.8 Å². The van der Waals surface area contributed by atoms with Crippen molar-refractivity contribution in [3.05, 3.63) is 133 Å². The molecule has 5 aromatic carbocycles. The number of nitrogens with zero attached hydrogens (tertiary/aromatic N) is 2. The summed E-state index contributed by atoms with van der Waals surface area (Å²) in [6.45, 7) is 2.11. The molecular formula is C33H24N2. The van der Waals surface area contributed by atoms with Crippen molar-refractivity contribution in [3.63, 3.8) is 0 Å². The Kier molecular flexibility index (Phi) is 5.40. The highest BCUT2D eigenvalue weighted by atomic mass is 14.9. The lowest BCUT2D eigenvalue weighted by atomic mass is 9.99. The molecular weight excluding hydrogens is 424 g/mol. The first kappa shape index (κ1) is 21.0. The van der Waals surface area contributed by atoms with Gasteiger partial charge in [-0.15, -0.1) is 0 Å². The van der Waals surface area contributed by atoms with Crippen molar-refractivity contribution in [2.45, 2.75) is 6.92 Å². The van der Waals surface area contributed by atoms with Gasteiger partial charge >= 0.3 is 0 Å².